The number of hydrogen-bond donors (Lipinski definition) is 1. The number of carbonyl (C=O) groups is 1. The van der Waals surface area contributed by atoms with Gasteiger partial charge in [-0.3, -0.25) is 4.79 Å². The largest absolute Gasteiger partial charge is 0.304 e. The molecule has 25 heavy (non-hydrogen) atoms. The number of nitrogens with one attached hydrogen (secondary N) is 1. The van der Waals surface area contributed by atoms with Crippen LogP contribution in [0.15, 0.2) is 12.2 Å². The number of carbonyl (C=O) groups excluding carboxylic acids is 1. The van der Waals surface area contributed by atoms with E-state index >= 15 is 0 Å². The predicted octanol–water partition coefficient (Wildman–Crippen LogP) is 6.40. The predicted molar refractivity (Wildman–Crippen MR) is 112 cm³/mol. The van der Waals surface area contributed by atoms with Gasteiger partial charge in [-0.05, 0) is 38.0 Å². The quantitative estimate of drug-likeness (QED) is 0.537. The molecule has 0 fully saturated rings. The fourth-order valence-corrected chi connectivity index (χ4v) is 3.42. The Morgan fingerprint density at radius 2 is 1.36 bits per heavy atom. The average molecular weight is 352 g/mol. The molecule has 0 aliphatic rings. The number of Topliss-reactive ketones (excluding diaryl/α,β-unsaturated/α-hetero) is 1. The van der Waals surface area contributed by atoms with Crippen molar-refractivity contribution < 1.29 is 4.79 Å². The maximum atomic E-state index is 13.6. The van der Waals surface area contributed by atoms with E-state index in [1.807, 2.05) is 0 Å². The molecule has 1 N–H and O–H groups in total. The summed E-state index contributed by atoms with van der Waals surface area (Å²) in [4.78, 5) is 13.6. The third kappa shape index (κ3) is 4.76. The lowest BCUT2D eigenvalue weighted by Crippen LogP contribution is -2.61. The lowest BCUT2D eigenvalue weighted by molar-refractivity contribution is -0.145. The van der Waals surface area contributed by atoms with E-state index in [9.17, 15) is 4.79 Å². The fourth-order valence-electron chi connectivity index (χ4n) is 3.42. The molecule has 0 rings (SSSR count). The molecular formula is C23H45NO. The van der Waals surface area contributed by atoms with E-state index in [1.54, 1.807) is 0 Å². The Kier molecular flexibility index (Phi) is 7.35. The molecular weight excluding hydrogens is 306 g/mol. The van der Waals surface area contributed by atoms with Crippen molar-refractivity contribution >= 4 is 5.78 Å². The van der Waals surface area contributed by atoms with Crippen molar-refractivity contribution in [3.63, 3.8) is 0 Å². The Labute approximate surface area is 158 Å². The van der Waals surface area contributed by atoms with Gasteiger partial charge in [0.25, 0.3) is 0 Å². The highest BCUT2D eigenvalue weighted by atomic mass is 16.1. The van der Waals surface area contributed by atoms with Gasteiger partial charge in [0.1, 0.15) is 5.78 Å². The first-order valence-corrected chi connectivity index (χ1v) is 9.87. The van der Waals surface area contributed by atoms with E-state index in [0.717, 1.165) is 6.42 Å². The molecule has 0 aromatic rings. The van der Waals surface area contributed by atoms with Crippen LogP contribution in [0, 0.1) is 21.7 Å². The van der Waals surface area contributed by atoms with Crippen molar-refractivity contribution in [3.05, 3.63) is 12.2 Å². The molecule has 2 nitrogen and oxygen atoms in total. The van der Waals surface area contributed by atoms with Gasteiger partial charge in [0.05, 0.1) is 0 Å². The second-order valence-corrected chi connectivity index (χ2v) is 10.8. The molecule has 2 heteroatoms. The first-order chi connectivity index (χ1) is 10.9. The molecule has 3 unspecified atom stereocenters. The van der Waals surface area contributed by atoms with Crippen LogP contribution < -0.4 is 5.32 Å². The minimum Gasteiger partial charge on any atom is -0.304 e. The molecule has 3 atom stereocenters. The second-order valence-electron chi connectivity index (χ2n) is 10.8. The van der Waals surface area contributed by atoms with E-state index in [4.69, 9.17) is 0 Å². The zero-order valence-corrected chi connectivity index (χ0v) is 19.3. The van der Waals surface area contributed by atoms with Crippen LogP contribution in [0.5, 0.6) is 0 Å². The van der Waals surface area contributed by atoms with Gasteiger partial charge in [-0.15, -0.1) is 0 Å². The van der Waals surface area contributed by atoms with E-state index in [2.05, 4.69) is 107 Å². The molecule has 0 saturated carbocycles. The Bertz CT molecular complexity index is 489. The molecule has 0 aliphatic heterocycles. The smallest absolute Gasteiger partial charge is 0.146 e. The maximum absolute atomic E-state index is 13.6. The van der Waals surface area contributed by atoms with Gasteiger partial charge >= 0.3 is 0 Å². The number of ketones is 1. The first kappa shape index (κ1) is 24.4. The minimum atomic E-state index is -0.452. The van der Waals surface area contributed by atoms with Crippen LogP contribution >= 0.6 is 0 Å². The minimum absolute atomic E-state index is 0.0466. The van der Waals surface area contributed by atoms with Crippen LogP contribution in [0.3, 0.4) is 0 Å². The summed E-state index contributed by atoms with van der Waals surface area (Å²) in [6.07, 6.45) is 5.19. The molecule has 0 aromatic carbocycles. The van der Waals surface area contributed by atoms with Crippen molar-refractivity contribution in [2.45, 2.75) is 108 Å². The third-order valence-electron chi connectivity index (χ3n) is 7.11. The second kappa shape index (κ2) is 7.55. The van der Waals surface area contributed by atoms with Crippen molar-refractivity contribution in [3.8, 4) is 0 Å². The summed E-state index contributed by atoms with van der Waals surface area (Å²) in [5, 5.41) is 3.80. The summed E-state index contributed by atoms with van der Waals surface area (Å²) >= 11 is 0. The van der Waals surface area contributed by atoms with Crippen LogP contribution in [0.2, 0.25) is 0 Å². The average Bonchev–Trinajstić information content (AvgIpc) is 2.43. The standard InChI is InChI=1S/C23H45NO/c1-14-16-23(13,20(7,8)9)24-17(3)21(10,11)18(25)22(12,15-2)19(4,5)6/h14,16-17,24H,15H2,1-13H3. The topological polar surface area (TPSA) is 29.1 Å². The van der Waals surface area contributed by atoms with Gasteiger partial charge in [0, 0.05) is 22.4 Å². The van der Waals surface area contributed by atoms with E-state index in [-0.39, 0.29) is 27.8 Å². The SMILES string of the molecule is CC=CC(C)(NC(C)C(C)(C)C(=O)C(C)(CC)C(C)(C)C)C(C)(C)C. The van der Waals surface area contributed by atoms with Crippen molar-refractivity contribution in [1.82, 2.24) is 5.32 Å². The van der Waals surface area contributed by atoms with Crippen LogP contribution in [0.25, 0.3) is 0 Å². The Morgan fingerprint density at radius 1 is 0.920 bits per heavy atom. The van der Waals surface area contributed by atoms with Gasteiger partial charge < -0.3 is 5.32 Å². The van der Waals surface area contributed by atoms with Gasteiger partial charge in [0.2, 0.25) is 0 Å². The Hall–Kier alpha value is -0.630. The van der Waals surface area contributed by atoms with Crippen molar-refractivity contribution in [2.24, 2.45) is 21.7 Å². The molecule has 148 valence electrons. The fraction of sp³-hybridized carbons (Fsp3) is 0.870. The molecule has 0 radical (unpaired) electrons. The Morgan fingerprint density at radius 3 is 1.64 bits per heavy atom. The molecule has 0 aromatic heterocycles. The van der Waals surface area contributed by atoms with Gasteiger partial charge in [-0.1, -0.05) is 81.4 Å². The highest BCUT2D eigenvalue weighted by molar-refractivity contribution is 5.90. The molecule has 0 heterocycles. The number of allylic oxidation sites excluding steroid dienone is 1. The highest BCUT2D eigenvalue weighted by Crippen LogP contribution is 2.47. The van der Waals surface area contributed by atoms with Crippen molar-refractivity contribution in [1.29, 1.82) is 0 Å². The zero-order valence-electron chi connectivity index (χ0n) is 19.3. The molecule has 0 spiro atoms. The van der Waals surface area contributed by atoms with Gasteiger partial charge in [0.15, 0.2) is 0 Å². The van der Waals surface area contributed by atoms with Gasteiger partial charge in [-0.25, -0.2) is 0 Å². The summed E-state index contributed by atoms with van der Waals surface area (Å²) in [5.74, 6) is 0.353. The van der Waals surface area contributed by atoms with Crippen LogP contribution in [-0.4, -0.2) is 17.4 Å². The van der Waals surface area contributed by atoms with E-state index in [1.165, 1.54) is 0 Å². The summed E-state index contributed by atoms with van der Waals surface area (Å²) in [6.45, 7) is 28.2. The van der Waals surface area contributed by atoms with Crippen LogP contribution in [0.4, 0.5) is 0 Å². The lowest BCUT2D eigenvalue weighted by atomic mass is 9.57. The summed E-state index contributed by atoms with van der Waals surface area (Å²) in [7, 11) is 0. The summed E-state index contributed by atoms with van der Waals surface area (Å²) in [5.41, 5.74) is -0.988. The van der Waals surface area contributed by atoms with Crippen molar-refractivity contribution in [2.75, 3.05) is 0 Å². The summed E-state index contributed by atoms with van der Waals surface area (Å²) < 4.78 is 0. The Balaban J connectivity index is 5.83. The van der Waals surface area contributed by atoms with Gasteiger partial charge in [-0.2, -0.15) is 0 Å². The first-order valence-electron chi connectivity index (χ1n) is 9.87. The third-order valence-corrected chi connectivity index (χ3v) is 7.11. The maximum Gasteiger partial charge on any atom is 0.146 e. The van der Waals surface area contributed by atoms with Crippen LogP contribution in [0.1, 0.15) is 96.4 Å². The number of hydrogen-bond acceptors (Lipinski definition) is 2. The molecule has 0 amide bonds. The highest BCUT2D eigenvalue weighted by Gasteiger charge is 2.51. The zero-order chi connectivity index (χ0) is 20.5. The van der Waals surface area contributed by atoms with Crippen LogP contribution in [-0.2, 0) is 4.79 Å². The van der Waals surface area contributed by atoms with E-state index in [0.29, 0.717) is 5.78 Å². The molecule has 0 bridgehead atoms. The normalized spacial score (nSPS) is 20.2. The number of rotatable bonds is 7. The molecule has 0 aliphatic carbocycles. The molecule has 0 saturated heterocycles. The monoisotopic (exact) mass is 351 g/mol. The van der Waals surface area contributed by atoms with E-state index < -0.39 is 5.41 Å². The lowest BCUT2D eigenvalue weighted by Gasteiger charge is -2.49. The summed E-state index contributed by atoms with van der Waals surface area (Å²) in [6, 6.07) is 0.0636.